The second-order valence-corrected chi connectivity index (χ2v) is 5.36. The van der Waals surface area contributed by atoms with Crippen molar-refractivity contribution in [2.24, 2.45) is 0 Å². The quantitative estimate of drug-likeness (QED) is 0.575. The number of benzene rings is 1. The van der Waals surface area contributed by atoms with Crippen LogP contribution in [0.5, 0.6) is 0 Å². The Morgan fingerprint density at radius 1 is 0.957 bits per heavy atom. The number of aromatic nitrogens is 4. The third-order valence-corrected chi connectivity index (χ3v) is 3.62. The summed E-state index contributed by atoms with van der Waals surface area (Å²) < 4.78 is 1.82. The van der Waals surface area contributed by atoms with Gasteiger partial charge >= 0.3 is 0 Å². The van der Waals surface area contributed by atoms with E-state index in [1.807, 2.05) is 59.1 Å². The molecule has 0 unspecified atom stereocenters. The number of nitrogens with zero attached hydrogens (tertiary/aromatic N) is 4. The van der Waals surface area contributed by atoms with E-state index in [1.165, 1.54) is 0 Å². The SMILES string of the molecule is Clc1cc(Nc2nc3cccc(-c4ccccc4)n3n2)ccn1. The maximum absolute atomic E-state index is 5.90. The van der Waals surface area contributed by atoms with E-state index in [-0.39, 0.29) is 0 Å². The number of halogens is 1. The highest BCUT2D eigenvalue weighted by Crippen LogP contribution is 2.22. The number of rotatable bonds is 3. The van der Waals surface area contributed by atoms with Crippen molar-refractivity contribution in [2.75, 3.05) is 5.32 Å². The molecule has 6 heteroatoms. The minimum atomic E-state index is 0.420. The topological polar surface area (TPSA) is 55.1 Å². The summed E-state index contributed by atoms with van der Waals surface area (Å²) in [5, 5.41) is 8.11. The third-order valence-electron chi connectivity index (χ3n) is 3.41. The molecule has 0 aliphatic carbocycles. The van der Waals surface area contributed by atoms with Crippen molar-refractivity contribution in [1.82, 2.24) is 19.6 Å². The highest BCUT2D eigenvalue weighted by atomic mass is 35.5. The van der Waals surface area contributed by atoms with Gasteiger partial charge < -0.3 is 5.32 Å². The van der Waals surface area contributed by atoms with Gasteiger partial charge in [-0.3, -0.25) is 0 Å². The van der Waals surface area contributed by atoms with Crippen molar-refractivity contribution in [3.05, 3.63) is 72.0 Å². The number of pyridine rings is 2. The van der Waals surface area contributed by atoms with Gasteiger partial charge in [0.2, 0.25) is 5.95 Å². The summed E-state index contributed by atoms with van der Waals surface area (Å²) in [6, 6.07) is 19.5. The molecular formula is C17H12ClN5. The molecule has 0 amide bonds. The van der Waals surface area contributed by atoms with Gasteiger partial charge in [0.15, 0.2) is 5.65 Å². The van der Waals surface area contributed by atoms with Gasteiger partial charge in [-0.1, -0.05) is 48.0 Å². The number of anilines is 2. The molecule has 4 rings (SSSR count). The second-order valence-electron chi connectivity index (χ2n) is 4.97. The molecule has 5 nitrogen and oxygen atoms in total. The Labute approximate surface area is 137 Å². The molecule has 0 bridgehead atoms. The van der Waals surface area contributed by atoms with E-state index in [0.29, 0.717) is 11.1 Å². The molecule has 0 spiro atoms. The van der Waals surface area contributed by atoms with E-state index >= 15 is 0 Å². The standard InChI is InChI=1S/C17H12ClN5/c18-15-11-13(9-10-19-15)20-17-21-16-8-4-7-14(23(16)22-17)12-5-2-1-3-6-12/h1-11H,(H,19,20,22). The summed E-state index contributed by atoms with van der Waals surface area (Å²) in [7, 11) is 0. The number of hydrogen-bond acceptors (Lipinski definition) is 4. The summed E-state index contributed by atoms with van der Waals surface area (Å²) in [4.78, 5) is 8.46. The van der Waals surface area contributed by atoms with Gasteiger partial charge in [0.25, 0.3) is 0 Å². The molecule has 0 saturated heterocycles. The van der Waals surface area contributed by atoms with Crippen LogP contribution in [0.3, 0.4) is 0 Å². The predicted octanol–water partition coefficient (Wildman–Crippen LogP) is 4.19. The lowest BCUT2D eigenvalue weighted by molar-refractivity contribution is 0.973. The van der Waals surface area contributed by atoms with Crippen LogP contribution in [0.25, 0.3) is 16.9 Å². The minimum Gasteiger partial charge on any atom is -0.323 e. The number of fused-ring (bicyclic) bond motifs is 1. The van der Waals surface area contributed by atoms with Crippen LogP contribution in [-0.4, -0.2) is 19.6 Å². The van der Waals surface area contributed by atoms with Crippen LogP contribution < -0.4 is 5.32 Å². The van der Waals surface area contributed by atoms with Gasteiger partial charge in [-0.15, -0.1) is 5.10 Å². The molecule has 0 atom stereocenters. The summed E-state index contributed by atoms with van der Waals surface area (Å²) in [6.45, 7) is 0. The van der Waals surface area contributed by atoms with Gasteiger partial charge in [0, 0.05) is 17.4 Å². The molecule has 0 aliphatic heterocycles. The first-order valence-electron chi connectivity index (χ1n) is 7.09. The van der Waals surface area contributed by atoms with E-state index in [0.717, 1.165) is 22.6 Å². The lowest BCUT2D eigenvalue weighted by atomic mass is 10.1. The Kier molecular flexibility index (Phi) is 3.40. The van der Waals surface area contributed by atoms with Crippen LogP contribution in [0, 0.1) is 0 Å². The van der Waals surface area contributed by atoms with Crippen molar-refractivity contribution in [1.29, 1.82) is 0 Å². The molecule has 0 saturated carbocycles. The fraction of sp³-hybridized carbons (Fsp3) is 0. The molecule has 3 aromatic heterocycles. The van der Waals surface area contributed by atoms with Crippen LogP contribution >= 0.6 is 11.6 Å². The van der Waals surface area contributed by atoms with Gasteiger partial charge in [-0.25, -0.2) is 9.50 Å². The predicted molar refractivity (Wildman–Crippen MR) is 91.0 cm³/mol. The number of hydrogen-bond donors (Lipinski definition) is 1. The Morgan fingerprint density at radius 3 is 2.65 bits per heavy atom. The average molecular weight is 322 g/mol. The fourth-order valence-corrected chi connectivity index (χ4v) is 2.57. The normalized spacial score (nSPS) is 10.8. The molecule has 4 aromatic rings. The largest absolute Gasteiger partial charge is 0.323 e. The Bertz CT molecular complexity index is 965. The molecule has 0 fully saturated rings. The average Bonchev–Trinajstić information content (AvgIpc) is 2.98. The van der Waals surface area contributed by atoms with E-state index in [1.54, 1.807) is 12.3 Å². The first kappa shape index (κ1) is 13.7. The molecule has 0 radical (unpaired) electrons. The lowest BCUT2D eigenvalue weighted by Crippen LogP contribution is -1.95. The Balaban J connectivity index is 1.76. The van der Waals surface area contributed by atoms with E-state index in [2.05, 4.69) is 20.4 Å². The van der Waals surface area contributed by atoms with Gasteiger partial charge in [-0.05, 0) is 24.3 Å². The summed E-state index contributed by atoms with van der Waals surface area (Å²) >= 11 is 5.90. The molecule has 3 heterocycles. The van der Waals surface area contributed by atoms with Crippen LogP contribution in [-0.2, 0) is 0 Å². The fourth-order valence-electron chi connectivity index (χ4n) is 2.39. The molecular weight excluding hydrogens is 310 g/mol. The zero-order valence-corrected chi connectivity index (χ0v) is 12.8. The van der Waals surface area contributed by atoms with E-state index in [4.69, 9.17) is 11.6 Å². The monoisotopic (exact) mass is 321 g/mol. The molecule has 0 aliphatic rings. The Hall–Kier alpha value is -2.92. The van der Waals surface area contributed by atoms with Crippen molar-refractivity contribution in [2.45, 2.75) is 0 Å². The van der Waals surface area contributed by atoms with Crippen LogP contribution in [0.1, 0.15) is 0 Å². The van der Waals surface area contributed by atoms with Crippen molar-refractivity contribution >= 4 is 28.9 Å². The van der Waals surface area contributed by atoms with Crippen molar-refractivity contribution < 1.29 is 0 Å². The van der Waals surface area contributed by atoms with Gasteiger partial charge in [0.05, 0.1) is 5.69 Å². The Morgan fingerprint density at radius 2 is 1.83 bits per heavy atom. The van der Waals surface area contributed by atoms with Gasteiger partial charge in [0.1, 0.15) is 5.15 Å². The lowest BCUT2D eigenvalue weighted by Gasteiger charge is -2.03. The molecule has 23 heavy (non-hydrogen) atoms. The van der Waals surface area contributed by atoms with Crippen LogP contribution in [0.4, 0.5) is 11.6 Å². The first-order chi connectivity index (χ1) is 11.3. The molecule has 1 aromatic carbocycles. The summed E-state index contributed by atoms with van der Waals surface area (Å²) in [5.74, 6) is 0.510. The number of nitrogens with one attached hydrogen (secondary N) is 1. The van der Waals surface area contributed by atoms with Crippen molar-refractivity contribution in [3.63, 3.8) is 0 Å². The second kappa shape index (κ2) is 5.70. The summed E-state index contributed by atoms with van der Waals surface area (Å²) in [5.41, 5.74) is 3.63. The smallest absolute Gasteiger partial charge is 0.247 e. The van der Waals surface area contributed by atoms with Crippen molar-refractivity contribution in [3.8, 4) is 11.3 Å². The zero-order chi connectivity index (χ0) is 15.6. The van der Waals surface area contributed by atoms with E-state index in [9.17, 15) is 0 Å². The zero-order valence-electron chi connectivity index (χ0n) is 12.0. The maximum Gasteiger partial charge on any atom is 0.247 e. The molecule has 1 N–H and O–H groups in total. The summed E-state index contributed by atoms with van der Waals surface area (Å²) in [6.07, 6.45) is 1.63. The van der Waals surface area contributed by atoms with Crippen LogP contribution in [0.2, 0.25) is 5.15 Å². The third kappa shape index (κ3) is 2.74. The highest BCUT2D eigenvalue weighted by Gasteiger charge is 2.09. The van der Waals surface area contributed by atoms with Crippen LogP contribution in [0.15, 0.2) is 66.9 Å². The van der Waals surface area contributed by atoms with Gasteiger partial charge in [-0.2, -0.15) is 4.98 Å². The maximum atomic E-state index is 5.90. The molecule has 112 valence electrons. The minimum absolute atomic E-state index is 0.420. The highest BCUT2D eigenvalue weighted by molar-refractivity contribution is 6.29. The first-order valence-corrected chi connectivity index (χ1v) is 7.47. The van der Waals surface area contributed by atoms with E-state index < -0.39 is 0 Å².